The molecule has 2 aliphatic heterocycles. The molecule has 37 heavy (non-hydrogen) atoms. The predicted octanol–water partition coefficient (Wildman–Crippen LogP) is 3.69. The predicted molar refractivity (Wildman–Crippen MR) is 147 cm³/mol. The second kappa shape index (κ2) is 10.6. The van der Waals surface area contributed by atoms with Gasteiger partial charge in [0.2, 0.25) is 5.90 Å². The van der Waals surface area contributed by atoms with Gasteiger partial charge >= 0.3 is 0 Å². The van der Waals surface area contributed by atoms with Crippen LogP contribution >= 0.6 is 0 Å². The fraction of sp³-hybridized carbons (Fsp3) is 0.214. The highest BCUT2D eigenvalue weighted by Crippen LogP contribution is 2.27. The largest absolute Gasteiger partial charge is 0.407 e. The van der Waals surface area contributed by atoms with Gasteiger partial charge in [-0.2, -0.15) is 0 Å². The quantitative estimate of drug-likeness (QED) is 0.375. The molecule has 4 N–H and O–H groups in total. The summed E-state index contributed by atoms with van der Waals surface area (Å²) in [5, 5.41) is 11.9. The van der Waals surface area contributed by atoms with E-state index in [1.54, 1.807) is 0 Å². The summed E-state index contributed by atoms with van der Waals surface area (Å²) in [6.45, 7) is 8.64. The molecule has 1 saturated heterocycles. The molecule has 3 aromatic rings. The van der Waals surface area contributed by atoms with Crippen molar-refractivity contribution >= 4 is 29.1 Å². The Balaban J connectivity index is 1.44. The highest BCUT2D eigenvalue weighted by molar-refractivity contribution is 6.16. The van der Waals surface area contributed by atoms with Gasteiger partial charge in [0.15, 0.2) is 6.17 Å². The lowest BCUT2D eigenvalue weighted by Gasteiger charge is -2.29. The zero-order valence-corrected chi connectivity index (χ0v) is 20.6. The number of benzodiazepines with no additional fused rings is 1. The zero-order chi connectivity index (χ0) is 25.8. The number of aliphatic imine (C=N–C) groups is 2. The van der Waals surface area contributed by atoms with Crippen molar-refractivity contribution in [3.8, 4) is 0 Å². The summed E-state index contributed by atoms with van der Waals surface area (Å²) in [4.78, 5) is 16.1. The minimum absolute atomic E-state index is 0.141. The second-order valence-corrected chi connectivity index (χ2v) is 8.73. The van der Waals surface area contributed by atoms with Crippen molar-refractivity contribution in [2.75, 3.05) is 36.5 Å². The topological polar surface area (TPSA) is 121 Å². The molecule has 2 aliphatic rings. The summed E-state index contributed by atoms with van der Waals surface area (Å²) in [6.07, 6.45) is -0.759. The number of para-hydroxylation sites is 1. The number of fused-ring (bicyclic) bond motifs is 1. The molecule has 3 heterocycles. The fourth-order valence-corrected chi connectivity index (χ4v) is 4.28. The van der Waals surface area contributed by atoms with Gasteiger partial charge in [-0.3, -0.25) is 10.4 Å². The number of pyridine rings is 1. The van der Waals surface area contributed by atoms with Gasteiger partial charge in [0, 0.05) is 35.6 Å². The standard InChI is InChI=1S/C28H29N7O2/c1-18-12-13-22(27(31-18)35-14-16-36-17-15-35)25(29)37-28(30)34-26-19(2)32-23-11-7-6-10-21(23)24(33-26)20-8-4-3-5-9-20/h3-13,26,29,32H,2,14-17H2,1H3,(H2,30,34)/t26-/m1/s1. The number of morpholine rings is 1. The third-order valence-corrected chi connectivity index (χ3v) is 6.11. The zero-order valence-electron chi connectivity index (χ0n) is 20.6. The average molecular weight is 496 g/mol. The first-order valence-corrected chi connectivity index (χ1v) is 12.1. The van der Waals surface area contributed by atoms with Crippen LogP contribution in [0.1, 0.15) is 22.4 Å². The molecule has 0 aliphatic carbocycles. The van der Waals surface area contributed by atoms with Gasteiger partial charge in [-0.25, -0.2) is 9.98 Å². The number of nitrogens with one attached hydrogen (secondary N) is 2. The number of hydrogen-bond acceptors (Lipinski definition) is 8. The molecule has 0 unspecified atom stereocenters. The summed E-state index contributed by atoms with van der Waals surface area (Å²) >= 11 is 0. The summed E-state index contributed by atoms with van der Waals surface area (Å²) in [7, 11) is 0. The van der Waals surface area contributed by atoms with Gasteiger partial charge in [0.05, 0.1) is 30.2 Å². The van der Waals surface area contributed by atoms with E-state index < -0.39 is 6.17 Å². The molecular weight excluding hydrogens is 466 g/mol. The first kappa shape index (κ1) is 24.2. The molecule has 5 rings (SSSR count). The molecule has 9 nitrogen and oxygen atoms in total. The van der Waals surface area contributed by atoms with Crippen molar-refractivity contribution < 1.29 is 9.47 Å². The molecule has 0 bridgehead atoms. The van der Waals surface area contributed by atoms with Crippen LogP contribution in [-0.2, 0) is 9.47 Å². The van der Waals surface area contributed by atoms with Crippen LogP contribution in [0.4, 0.5) is 11.5 Å². The Kier molecular flexibility index (Phi) is 6.96. The number of rotatable bonds is 4. The summed E-state index contributed by atoms with van der Waals surface area (Å²) in [5.74, 6) is 0.527. The van der Waals surface area contributed by atoms with E-state index in [9.17, 15) is 0 Å². The van der Waals surface area contributed by atoms with Crippen LogP contribution in [0.3, 0.4) is 0 Å². The van der Waals surface area contributed by atoms with Crippen LogP contribution in [0, 0.1) is 12.3 Å². The van der Waals surface area contributed by atoms with Crippen molar-refractivity contribution in [2.24, 2.45) is 15.7 Å². The minimum Gasteiger partial charge on any atom is -0.407 e. The lowest BCUT2D eigenvalue weighted by Crippen LogP contribution is -2.38. The monoisotopic (exact) mass is 495 g/mol. The highest BCUT2D eigenvalue weighted by Gasteiger charge is 2.24. The number of hydrogen-bond donors (Lipinski definition) is 3. The maximum atomic E-state index is 8.63. The number of ether oxygens (including phenoxy) is 2. The van der Waals surface area contributed by atoms with Crippen molar-refractivity contribution in [1.29, 1.82) is 5.41 Å². The molecule has 1 aromatic heterocycles. The number of benzene rings is 2. The Hall–Kier alpha value is -4.50. The van der Waals surface area contributed by atoms with E-state index in [2.05, 4.69) is 26.8 Å². The van der Waals surface area contributed by atoms with E-state index in [0.29, 0.717) is 43.4 Å². The maximum Gasteiger partial charge on any atom is 0.291 e. The lowest BCUT2D eigenvalue weighted by molar-refractivity contribution is 0.122. The lowest BCUT2D eigenvalue weighted by atomic mass is 10.0. The average Bonchev–Trinajstić information content (AvgIpc) is 3.05. The van der Waals surface area contributed by atoms with Gasteiger partial charge in [-0.15, -0.1) is 0 Å². The van der Waals surface area contributed by atoms with E-state index in [4.69, 9.17) is 25.6 Å². The molecule has 1 atom stereocenters. The first-order valence-electron chi connectivity index (χ1n) is 12.1. The summed E-state index contributed by atoms with van der Waals surface area (Å²) in [5.41, 5.74) is 11.6. The molecule has 1 fully saturated rings. The highest BCUT2D eigenvalue weighted by atomic mass is 16.5. The number of aromatic nitrogens is 1. The normalized spacial score (nSPS) is 17.8. The van der Waals surface area contributed by atoms with Crippen LogP contribution in [0.15, 0.2) is 89.0 Å². The Morgan fingerprint density at radius 1 is 1.11 bits per heavy atom. The van der Waals surface area contributed by atoms with Crippen LogP contribution < -0.4 is 16.0 Å². The third-order valence-electron chi connectivity index (χ3n) is 6.11. The number of aryl methyl sites for hydroxylation is 1. The van der Waals surface area contributed by atoms with Gasteiger partial charge in [0.25, 0.3) is 6.02 Å². The minimum atomic E-state index is -0.759. The Bertz CT molecular complexity index is 1380. The van der Waals surface area contributed by atoms with E-state index in [1.165, 1.54) is 0 Å². The van der Waals surface area contributed by atoms with Crippen molar-refractivity contribution in [3.63, 3.8) is 0 Å². The van der Waals surface area contributed by atoms with E-state index >= 15 is 0 Å². The molecular formula is C28H29N7O2. The fourth-order valence-electron chi connectivity index (χ4n) is 4.28. The van der Waals surface area contributed by atoms with Crippen LogP contribution in [-0.4, -0.2) is 55.1 Å². The van der Waals surface area contributed by atoms with Crippen molar-refractivity contribution in [3.05, 3.63) is 101 Å². The number of anilines is 2. The smallest absolute Gasteiger partial charge is 0.291 e. The maximum absolute atomic E-state index is 8.63. The van der Waals surface area contributed by atoms with Gasteiger partial charge in [0.1, 0.15) is 5.82 Å². The summed E-state index contributed by atoms with van der Waals surface area (Å²) < 4.78 is 11.2. The first-order chi connectivity index (χ1) is 18.0. The summed E-state index contributed by atoms with van der Waals surface area (Å²) in [6, 6.07) is 21.2. The second-order valence-electron chi connectivity index (χ2n) is 8.73. The molecule has 0 amide bonds. The molecule has 2 aromatic carbocycles. The van der Waals surface area contributed by atoms with Crippen LogP contribution in [0.25, 0.3) is 0 Å². The number of nitrogens with zero attached hydrogens (tertiary/aromatic N) is 4. The van der Waals surface area contributed by atoms with Crippen LogP contribution in [0.2, 0.25) is 0 Å². The molecule has 188 valence electrons. The van der Waals surface area contributed by atoms with E-state index in [0.717, 1.165) is 28.2 Å². The van der Waals surface area contributed by atoms with Crippen LogP contribution in [0.5, 0.6) is 0 Å². The molecule has 0 saturated carbocycles. The SMILES string of the molecule is C=C1Nc2ccccc2C(c2ccccc2)=N[C@@H]1N=C(N)OC(=N)c1ccc(C)nc1N1CCOCC1. The Morgan fingerprint density at radius 2 is 1.84 bits per heavy atom. The van der Waals surface area contributed by atoms with Crippen molar-refractivity contribution in [1.82, 2.24) is 4.98 Å². The van der Waals surface area contributed by atoms with Crippen molar-refractivity contribution in [2.45, 2.75) is 13.1 Å². The Labute approximate surface area is 215 Å². The van der Waals surface area contributed by atoms with Gasteiger partial charge < -0.3 is 25.4 Å². The molecule has 0 radical (unpaired) electrons. The molecule has 0 spiro atoms. The van der Waals surface area contributed by atoms with Gasteiger partial charge in [-0.05, 0) is 25.1 Å². The van der Waals surface area contributed by atoms with Gasteiger partial charge in [-0.1, -0.05) is 55.1 Å². The third kappa shape index (κ3) is 5.36. The number of amidine groups is 1. The Morgan fingerprint density at radius 3 is 2.62 bits per heavy atom. The number of nitrogens with two attached hydrogens (primary N) is 1. The van der Waals surface area contributed by atoms with E-state index in [-0.39, 0.29) is 11.9 Å². The molecule has 9 heteroatoms. The van der Waals surface area contributed by atoms with E-state index in [1.807, 2.05) is 73.7 Å².